The highest BCUT2D eigenvalue weighted by Crippen LogP contribution is 2.36. The maximum atomic E-state index is 13.6. The third-order valence-corrected chi connectivity index (χ3v) is 5.87. The Kier molecular flexibility index (Phi) is 5.85. The largest absolute Gasteiger partial charge is 0.497 e. The van der Waals surface area contributed by atoms with Gasteiger partial charge in [-0.25, -0.2) is 4.68 Å². The normalized spacial score (nSPS) is 17.5. The molecule has 1 saturated heterocycles. The number of alkyl halides is 3. The van der Waals surface area contributed by atoms with Crippen molar-refractivity contribution in [3.8, 4) is 11.4 Å². The highest BCUT2D eigenvalue weighted by Gasteiger charge is 2.43. The van der Waals surface area contributed by atoms with Gasteiger partial charge in [0.25, 0.3) is 5.91 Å². The number of halogens is 3. The zero-order valence-electron chi connectivity index (χ0n) is 17.9. The van der Waals surface area contributed by atoms with Crippen LogP contribution in [0.2, 0.25) is 0 Å². The Hall–Kier alpha value is -3.08. The molecule has 172 valence electrons. The highest BCUT2D eigenvalue weighted by molar-refractivity contribution is 5.98. The summed E-state index contributed by atoms with van der Waals surface area (Å²) >= 11 is 0. The molecular formula is C21H24F3N5O3. The molecule has 2 aromatic rings. The van der Waals surface area contributed by atoms with Crippen LogP contribution in [-0.2, 0) is 17.4 Å². The smallest absolute Gasteiger partial charge is 0.435 e. The number of rotatable bonds is 4. The van der Waals surface area contributed by atoms with Crippen molar-refractivity contribution < 1.29 is 27.5 Å². The van der Waals surface area contributed by atoms with E-state index in [4.69, 9.17) is 4.74 Å². The van der Waals surface area contributed by atoms with Crippen molar-refractivity contribution in [3.63, 3.8) is 0 Å². The number of hydrogen-bond donors (Lipinski definition) is 0. The number of nitrogens with zero attached hydrogens (tertiary/aromatic N) is 5. The van der Waals surface area contributed by atoms with Gasteiger partial charge in [0.05, 0.1) is 12.8 Å². The van der Waals surface area contributed by atoms with Crippen LogP contribution < -0.4 is 4.74 Å². The van der Waals surface area contributed by atoms with Crippen LogP contribution in [0.3, 0.4) is 0 Å². The van der Waals surface area contributed by atoms with Crippen LogP contribution in [0.1, 0.15) is 21.7 Å². The molecule has 4 rings (SSSR count). The minimum atomic E-state index is -4.69. The fourth-order valence-electron chi connectivity index (χ4n) is 4.01. The average Bonchev–Trinajstić information content (AvgIpc) is 3.17. The second kappa shape index (κ2) is 8.45. The summed E-state index contributed by atoms with van der Waals surface area (Å²) in [5.41, 5.74) is -1.05. The molecule has 2 amide bonds. The molecule has 0 N–H and O–H groups in total. The van der Waals surface area contributed by atoms with E-state index in [2.05, 4.69) is 10.00 Å². The van der Waals surface area contributed by atoms with Gasteiger partial charge in [-0.3, -0.25) is 9.59 Å². The predicted molar refractivity (Wildman–Crippen MR) is 109 cm³/mol. The van der Waals surface area contributed by atoms with E-state index in [1.54, 1.807) is 17.0 Å². The first-order valence-electron chi connectivity index (χ1n) is 10.3. The molecule has 1 aromatic heterocycles. The molecule has 1 aromatic carbocycles. The van der Waals surface area contributed by atoms with E-state index in [1.807, 2.05) is 7.05 Å². The Morgan fingerprint density at radius 1 is 1.09 bits per heavy atom. The molecular weight excluding hydrogens is 427 g/mol. The van der Waals surface area contributed by atoms with Crippen molar-refractivity contribution in [2.24, 2.45) is 0 Å². The van der Waals surface area contributed by atoms with Gasteiger partial charge in [0.2, 0.25) is 5.91 Å². The number of hydrogen-bond acceptors (Lipinski definition) is 5. The van der Waals surface area contributed by atoms with Gasteiger partial charge in [-0.2, -0.15) is 18.3 Å². The molecule has 2 aliphatic heterocycles. The Morgan fingerprint density at radius 3 is 2.34 bits per heavy atom. The molecule has 0 saturated carbocycles. The third-order valence-electron chi connectivity index (χ3n) is 5.87. The number of carbonyl (C=O) groups is 2. The highest BCUT2D eigenvalue weighted by atomic mass is 19.4. The summed E-state index contributed by atoms with van der Waals surface area (Å²) in [6.07, 6.45) is -4.72. The molecule has 0 bridgehead atoms. The number of aromatic nitrogens is 2. The minimum absolute atomic E-state index is 0.0257. The molecule has 32 heavy (non-hydrogen) atoms. The topological polar surface area (TPSA) is 70.9 Å². The molecule has 11 heteroatoms. The lowest BCUT2D eigenvalue weighted by Crippen LogP contribution is -2.51. The number of likely N-dealkylation sites (N-methyl/N-ethyl adjacent to an activating group) is 1. The van der Waals surface area contributed by atoms with Crippen molar-refractivity contribution in [1.82, 2.24) is 24.5 Å². The number of amides is 2. The zero-order valence-corrected chi connectivity index (χ0v) is 17.9. The lowest BCUT2D eigenvalue weighted by Gasteiger charge is -2.34. The fraction of sp³-hybridized carbons (Fsp3) is 0.476. The molecule has 0 unspecified atom stereocenters. The van der Waals surface area contributed by atoms with Gasteiger partial charge in [-0.1, -0.05) is 0 Å². The summed E-state index contributed by atoms with van der Waals surface area (Å²) in [4.78, 5) is 31.1. The molecule has 0 atom stereocenters. The molecule has 0 radical (unpaired) electrons. The molecule has 3 heterocycles. The van der Waals surface area contributed by atoms with Crippen LogP contribution in [-0.4, -0.2) is 89.7 Å². The van der Waals surface area contributed by atoms with Crippen LogP contribution in [0, 0.1) is 0 Å². The van der Waals surface area contributed by atoms with E-state index in [-0.39, 0.29) is 36.7 Å². The lowest BCUT2D eigenvalue weighted by atomic mass is 10.0. The minimum Gasteiger partial charge on any atom is -0.497 e. The monoisotopic (exact) mass is 451 g/mol. The molecule has 0 aliphatic carbocycles. The van der Waals surface area contributed by atoms with E-state index in [0.29, 0.717) is 24.5 Å². The third kappa shape index (κ3) is 4.16. The first kappa shape index (κ1) is 22.1. The zero-order chi connectivity index (χ0) is 23.0. The Labute approximate surface area is 183 Å². The number of piperazine rings is 1. The van der Waals surface area contributed by atoms with Gasteiger partial charge in [0.15, 0.2) is 5.69 Å². The summed E-state index contributed by atoms with van der Waals surface area (Å²) in [5, 5.41) is 3.75. The van der Waals surface area contributed by atoms with Crippen LogP contribution in [0.25, 0.3) is 5.69 Å². The number of ether oxygens (including phenoxy) is 1. The van der Waals surface area contributed by atoms with Crippen molar-refractivity contribution in [2.45, 2.75) is 12.6 Å². The number of fused-ring (bicyclic) bond motifs is 1. The van der Waals surface area contributed by atoms with Crippen LogP contribution >= 0.6 is 0 Å². The molecule has 0 spiro atoms. The van der Waals surface area contributed by atoms with Crippen molar-refractivity contribution >= 4 is 11.8 Å². The van der Waals surface area contributed by atoms with Gasteiger partial charge in [0, 0.05) is 38.3 Å². The maximum Gasteiger partial charge on any atom is 0.435 e. The second-order valence-corrected chi connectivity index (χ2v) is 7.94. The van der Waals surface area contributed by atoms with Gasteiger partial charge in [0.1, 0.15) is 18.0 Å². The summed E-state index contributed by atoms with van der Waals surface area (Å²) in [6.45, 7) is 2.46. The molecule has 8 nitrogen and oxygen atoms in total. The fourth-order valence-corrected chi connectivity index (χ4v) is 4.01. The number of carbonyl (C=O) groups excluding carboxylic acids is 2. The van der Waals surface area contributed by atoms with E-state index in [1.165, 1.54) is 24.1 Å². The average molecular weight is 451 g/mol. The molecule has 2 aliphatic rings. The lowest BCUT2D eigenvalue weighted by molar-refractivity contribution is -0.142. The van der Waals surface area contributed by atoms with E-state index < -0.39 is 17.8 Å². The number of methoxy groups -OCH3 is 1. The van der Waals surface area contributed by atoms with Crippen LogP contribution in [0.15, 0.2) is 24.3 Å². The van der Waals surface area contributed by atoms with Gasteiger partial charge in [-0.05, 0) is 37.7 Å². The molecule has 1 fully saturated rings. The van der Waals surface area contributed by atoms with E-state index in [9.17, 15) is 22.8 Å². The standard InChI is InChI=1S/C21H24F3N5O3/c1-26-9-11-27(12-10-26)17(30)13-28-8-7-16-18(20(28)31)29(25-19(16)21(22,23)24)14-3-5-15(32-2)6-4-14/h3-6H,7-13H2,1-2H3. The van der Waals surface area contributed by atoms with Gasteiger partial charge >= 0.3 is 6.18 Å². The van der Waals surface area contributed by atoms with Gasteiger partial charge in [-0.15, -0.1) is 0 Å². The van der Waals surface area contributed by atoms with Crippen molar-refractivity contribution in [3.05, 3.63) is 41.2 Å². The SMILES string of the molecule is COc1ccc(-n2nc(C(F)(F)F)c3c2C(=O)N(CC(=O)N2CCN(C)CC2)CC3)cc1. The van der Waals surface area contributed by atoms with E-state index in [0.717, 1.165) is 17.8 Å². The number of benzene rings is 1. The van der Waals surface area contributed by atoms with E-state index >= 15 is 0 Å². The summed E-state index contributed by atoms with van der Waals surface area (Å²) in [5.74, 6) is -0.314. The predicted octanol–water partition coefficient (Wildman–Crippen LogP) is 1.67. The van der Waals surface area contributed by atoms with Crippen LogP contribution in [0.5, 0.6) is 5.75 Å². The Morgan fingerprint density at radius 2 is 1.75 bits per heavy atom. The maximum absolute atomic E-state index is 13.6. The first-order valence-corrected chi connectivity index (χ1v) is 10.3. The Bertz CT molecular complexity index is 1010. The summed E-state index contributed by atoms with van der Waals surface area (Å²) < 4.78 is 47.1. The van der Waals surface area contributed by atoms with Crippen molar-refractivity contribution in [1.29, 1.82) is 0 Å². The quantitative estimate of drug-likeness (QED) is 0.708. The van der Waals surface area contributed by atoms with Crippen molar-refractivity contribution in [2.75, 3.05) is 53.4 Å². The van der Waals surface area contributed by atoms with Crippen LogP contribution in [0.4, 0.5) is 13.2 Å². The first-order chi connectivity index (χ1) is 15.2. The summed E-state index contributed by atoms with van der Waals surface area (Å²) in [6, 6.07) is 6.24. The summed E-state index contributed by atoms with van der Waals surface area (Å²) in [7, 11) is 3.45. The Balaban J connectivity index is 1.64. The van der Waals surface area contributed by atoms with Gasteiger partial charge < -0.3 is 19.4 Å². The second-order valence-electron chi connectivity index (χ2n) is 7.94.